The smallest absolute Gasteiger partial charge is 0.241 e. The van der Waals surface area contributed by atoms with E-state index in [9.17, 15) is 13.6 Å². The number of nitrogens with one attached hydrogen (secondary N) is 1. The third-order valence-corrected chi connectivity index (χ3v) is 5.30. The average molecular weight is 573 g/mol. The zero-order valence-corrected chi connectivity index (χ0v) is 21.4. The highest BCUT2D eigenvalue weighted by Crippen LogP contribution is 2.22. The van der Waals surface area contributed by atoms with Gasteiger partial charge in [0.1, 0.15) is 17.4 Å². The lowest BCUT2D eigenvalue weighted by Crippen LogP contribution is -2.54. The fourth-order valence-corrected chi connectivity index (χ4v) is 3.36. The van der Waals surface area contributed by atoms with E-state index < -0.39 is 11.6 Å². The number of amides is 1. The van der Waals surface area contributed by atoms with E-state index in [1.54, 1.807) is 21.2 Å². The number of methoxy groups -OCH3 is 1. The van der Waals surface area contributed by atoms with Gasteiger partial charge in [-0.1, -0.05) is 12.1 Å². The number of halogens is 3. The van der Waals surface area contributed by atoms with Crippen molar-refractivity contribution >= 4 is 41.5 Å². The number of hydrogen-bond acceptors (Lipinski definition) is 4. The topological polar surface area (TPSA) is 60.4 Å². The molecule has 0 atom stereocenters. The van der Waals surface area contributed by atoms with Gasteiger partial charge in [0, 0.05) is 46.3 Å². The quantitative estimate of drug-likeness (QED) is 0.328. The molecule has 1 saturated heterocycles. The van der Waals surface area contributed by atoms with E-state index in [1.807, 2.05) is 34.1 Å². The first-order valence-electron chi connectivity index (χ1n) is 10.4. The molecule has 1 N–H and O–H groups in total. The summed E-state index contributed by atoms with van der Waals surface area (Å²) < 4.78 is 32.9. The van der Waals surface area contributed by atoms with Crippen molar-refractivity contribution in [3.05, 3.63) is 59.7 Å². The Balaban J connectivity index is 0.00000385. The lowest BCUT2D eigenvalue weighted by molar-refractivity contribution is -0.127. The van der Waals surface area contributed by atoms with Crippen LogP contribution in [0.25, 0.3) is 0 Å². The largest absolute Gasteiger partial charge is 0.497 e. The van der Waals surface area contributed by atoms with Crippen LogP contribution in [0.2, 0.25) is 0 Å². The zero-order valence-electron chi connectivity index (χ0n) is 19.1. The highest BCUT2D eigenvalue weighted by Gasteiger charge is 2.22. The highest BCUT2D eigenvalue weighted by molar-refractivity contribution is 14.0. The van der Waals surface area contributed by atoms with Crippen LogP contribution in [0.1, 0.15) is 5.56 Å². The normalized spacial score (nSPS) is 13.9. The molecule has 2 aromatic rings. The SMILES string of the molecule is COc1ccc(CN=C(NCC(=O)N(C)C)N2CCN(c3cc(F)ccc3F)CC2)cc1.I. The molecule has 3 rings (SSSR count). The van der Waals surface area contributed by atoms with Crippen LogP contribution in [-0.2, 0) is 11.3 Å². The molecular weight excluding hydrogens is 543 g/mol. The van der Waals surface area contributed by atoms with Crippen LogP contribution in [0.15, 0.2) is 47.5 Å². The maximum atomic E-state index is 14.1. The zero-order chi connectivity index (χ0) is 23.1. The Labute approximate surface area is 210 Å². The summed E-state index contributed by atoms with van der Waals surface area (Å²) in [6.07, 6.45) is 0. The molecule has 0 spiro atoms. The number of likely N-dealkylation sites (N-methyl/N-ethyl adjacent to an activating group) is 1. The molecule has 0 bridgehead atoms. The fraction of sp³-hybridized carbons (Fsp3) is 0.391. The molecule has 1 fully saturated rings. The number of guanidine groups is 1. The molecule has 0 saturated carbocycles. The number of nitrogens with zero attached hydrogens (tertiary/aromatic N) is 4. The Kier molecular flexibility index (Phi) is 10.1. The van der Waals surface area contributed by atoms with Crippen LogP contribution in [-0.4, -0.2) is 75.6 Å². The van der Waals surface area contributed by atoms with Gasteiger partial charge in [0.2, 0.25) is 5.91 Å². The van der Waals surface area contributed by atoms with Crippen molar-refractivity contribution in [3.8, 4) is 5.75 Å². The monoisotopic (exact) mass is 573 g/mol. The Morgan fingerprint density at radius 3 is 2.36 bits per heavy atom. The van der Waals surface area contributed by atoms with Gasteiger partial charge in [-0.3, -0.25) is 4.79 Å². The Bertz CT molecular complexity index is 948. The van der Waals surface area contributed by atoms with Gasteiger partial charge in [0.05, 0.1) is 25.9 Å². The molecule has 10 heteroatoms. The summed E-state index contributed by atoms with van der Waals surface area (Å²) in [4.78, 5) is 22.1. The third-order valence-electron chi connectivity index (χ3n) is 5.30. The molecule has 0 aromatic heterocycles. The van der Waals surface area contributed by atoms with Gasteiger partial charge in [0.25, 0.3) is 0 Å². The predicted octanol–water partition coefficient (Wildman–Crippen LogP) is 2.95. The van der Waals surface area contributed by atoms with Gasteiger partial charge >= 0.3 is 0 Å². The molecule has 2 aromatic carbocycles. The van der Waals surface area contributed by atoms with Gasteiger partial charge in [-0.05, 0) is 29.8 Å². The summed E-state index contributed by atoms with van der Waals surface area (Å²) in [6, 6.07) is 11.1. The van der Waals surface area contributed by atoms with Crippen molar-refractivity contribution < 1.29 is 18.3 Å². The van der Waals surface area contributed by atoms with E-state index in [2.05, 4.69) is 5.32 Å². The molecule has 7 nitrogen and oxygen atoms in total. The van der Waals surface area contributed by atoms with E-state index >= 15 is 0 Å². The summed E-state index contributed by atoms with van der Waals surface area (Å²) in [5.74, 6) is 0.406. The van der Waals surface area contributed by atoms with Gasteiger partial charge in [-0.15, -0.1) is 24.0 Å². The third kappa shape index (κ3) is 7.44. The van der Waals surface area contributed by atoms with Crippen molar-refractivity contribution in [2.75, 3.05) is 58.8 Å². The molecule has 33 heavy (non-hydrogen) atoms. The summed E-state index contributed by atoms with van der Waals surface area (Å²) in [5, 5.41) is 3.15. The summed E-state index contributed by atoms with van der Waals surface area (Å²) >= 11 is 0. The van der Waals surface area contributed by atoms with E-state index in [4.69, 9.17) is 9.73 Å². The minimum Gasteiger partial charge on any atom is -0.497 e. The molecule has 1 aliphatic rings. The molecule has 1 aliphatic heterocycles. The minimum atomic E-state index is -0.463. The standard InChI is InChI=1S/C23H29F2N5O2.HI/c1-28(2)22(31)16-27-23(26-15-17-4-7-19(32-3)8-5-17)30-12-10-29(11-13-30)21-14-18(24)6-9-20(21)25;/h4-9,14H,10-13,15-16H2,1-3H3,(H,26,27);1H. The van der Waals surface area contributed by atoms with Crippen LogP contribution >= 0.6 is 24.0 Å². The van der Waals surface area contributed by atoms with Gasteiger partial charge in [-0.2, -0.15) is 0 Å². The van der Waals surface area contributed by atoms with Crippen molar-refractivity contribution in [1.29, 1.82) is 0 Å². The molecule has 0 aliphatic carbocycles. The van der Waals surface area contributed by atoms with Crippen molar-refractivity contribution in [1.82, 2.24) is 15.1 Å². The van der Waals surface area contributed by atoms with Crippen LogP contribution in [0.3, 0.4) is 0 Å². The molecule has 0 radical (unpaired) electrons. The Morgan fingerprint density at radius 2 is 1.76 bits per heavy atom. The van der Waals surface area contributed by atoms with Crippen LogP contribution < -0.4 is 15.0 Å². The number of rotatable bonds is 6. The Morgan fingerprint density at radius 1 is 1.09 bits per heavy atom. The number of carbonyl (C=O) groups excluding carboxylic acids is 1. The Hall–Kier alpha value is -2.63. The number of aliphatic imine (C=N–C) groups is 1. The van der Waals surface area contributed by atoms with Crippen LogP contribution in [0.5, 0.6) is 5.75 Å². The van der Waals surface area contributed by atoms with Crippen molar-refractivity contribution in [2.45, 2.75) is 6.54 Å². The summed E-state index contributed by atoms with van der Waals surface area (Å²) in [6.45, 7) is 2.67. The average Bonchev–Trinajstić information content (AvgIpc) is 2.81. The lowest BCUT2D eigenvalue weighted by Gasteiger charge is -2.38. The molecule has 180 valence electrons. The number of anilines is 1. The first kappa shape index (κ1) is 26.6. The minimum absolute atomic E-state index is 0. The van der Waals surface area contributed by atoms with Gasteiger partial charge in [-0.25, -0.2) is 13.8 Å². The second kappa shape index (κ2) is 12.6. The second-order valence-corrected chi connectivity index (χ2v) is 7.70. The van der Waals surface area contributed by atoms with E-state index in [1.165, 1.54) is 11.0 Å². The lowest BCUT2D eigenvalue weighted by atomic mass is 10.2. The molecule has 1 heterocycles. The highest BCUT2D eigenvalue weighted by atomic mass is 127. The number of benzene rings is 2. The van der Waals surface area contributed by atoms with E-state index in [0.717, 1.165) is 23.4 Å². The van der Waals surface area contributed by atoms with Crippen molar-refractivity contribution in [3.63, 3.8) is 0 Å². The second-order valence-electron chi connectivity index (χ2n) is 7.70. The maximum Gasteiger partial charge on any atom is 0.241 e. The van der Waals surface area contributed by atoms with Crippen LogP contribution in [0, 0.1) is 11.6 Å². The number of hydrogen-bond donors (Lipinski definition) is 1. The number of ether oxygens (including phenoxy) is 1. The summed E-state index contributed by atoms with van der Waals surface area (Å²) in [7, 11) is 5.02. The first-order chi connectivity index (χ1) is 15.4. The van der Waals surface area contributed by atoms with E-state index in [-0.39, 0.29) is 42.1 Å². The number of piperazine rings is 1. The number of carbonyl (C=O) groups is 1. The predicted molar refractivity (Wildman–Crippen MR) is 136 cm³/mol. The molecule has 0 unspecified atom stereocenters. The van der Waals surface area contributed by atoms with Gasteiger partial charge in [0.15, 0.2) is 5.96 Å². The molecular formula is C23H30F2IN5O2. The first-order valence-corrected chi connectivity index (χ1v) is 10.4. The van der Waals surface area contributed by atoms with Gasteiger partial charge < -0.3 is 24.8 Å². The maximum absolute atomic E-state index is 14.1. The molecule has 1 amide bonds. The van der Waals surface area contributed by atoms with Crippen molar-refractivity contribution in [2.24, 2.45) is 4.99 Å². The van der Waals surface area contributed by atoms with E-state index in [0.29, 0.717) is 38.7 Å². The fourth-order valence-electron chi connectivity index (χ4n) is 3.36. The van der Waals surface area contributed by atoms with Crippen LogP contribution in [0.4, 0.5) is 14.5 Å². The summed E-state index contributed by atoms with van der Waals surface area (Å²) in [5.41, 5.74) is 1.27.